The summed E-state index contributed by atoms with van der Waals surface area (Å²) in [6.07, 6.45) is 12.3. The van der Waals surface area contributed by atoms with Crippen LogP contribution in [-0.2, 0) is 9.59 Å². The molecular formula is C26H40N6O10. The Balaban J connectivity index is 0.000000586. The van der Waals surface area contributed by atoms with Gasteiger partial charge in [-0.05, 0) is 37.8 Å². The van der Waals surface area contributed by atoms with E-state index >= 15 is 0 Å². The Morgan fingerprint density at radius 1 is 0.690 bits per heavy atom. The van der Waals surface area contributed by atoms with Gasteiger partial charge in [0.05, 0.1) is 0 Å². The van der Waals surface area contributed by atoms with Gasteiger partial charge in [-0.1, -0.05) is 24.3 Å². The van der Waals surface area contributed by atoms with Crippen LogP contribution in [-0.4, -0.2) is 124 Å². The van der Waals surface area contributed by atoms with Crippen LogP contribution < -0.4 is 10.6 Å². The van der Waals surface area contributed by atoms with Gasteiger partial charge in [0.15, 0.2) is 12.2 Å². The van der Waals surface area contributed by atoms with E-state index in [0.717, 1.165) is 37.3 Å². The molecule has 2 fully saturated rings. The van der Waals surface area contributed by atoms with Crippen LogP contribution in [0.3, 0.4) is 0 Å². The van der Waals surface area contributed by atoms with Crippen molar-refractivity contribution in [2.75, 3.05) is 26.2 Å². The Bertz CT molecular complexity index is 982. The molecule has 2 saturated heterocycles. The third-order valence-corrected chi connectivity index (χ3v) is 5.98. The Kier molecular flexibility index (Phi) is 19.2. The van der Waals surface area contributed by atoms with Crippen LogP contribution in [0.4, 0.5) is 0 Å². The fraction of sp³-hybridized carbons (Fsp3) is 0.462. The minimum atomic E-state index is -2.36. The smallest absolute Gasteiger partial charge is 0.335 e. The highest BCUT2D eigenvalue weighted by molar-refractivity contribution is 5.75. The van der Waals surface area contributed by atoms with Gasteiger partial charge >= 0.3 is 11.9 Å². The first-order chi connectivity index (χ1) is 19.2. The highest BCUT2D eigenvalue weighted by atomic mass is 16.4. The fourth-order valence-corrected chi connectivity index (χ4v) is 3.64. The van der Waals surface area contributed by atoms with Gasteiger partial charge in [-0.15, -0.1) is 0 Å². The molecule has 0 saturated carbocycles. The Morgan fingerprint density at radius 2 is 1.02 bits per heavy atom. The fourth-order valence-electron chi connectivity index (χ4n) is 3.64. The lowest BCUT2D eigenvalue weighted by molar-refractivity contribution is -0.172. The molecule has 6 atom stereocenters. The molecule has 0 spiro atoms. The van der Waals surface area contributed by atoms with Crippen LogP contribution in [0, 0.1) is 11.8 Å². The molecule has 2 aliphatic rings. The second-order valence-corrected chi connectivity index (χ2v) is 9.11. The molecular weight excluding hydrogens is 556 g/mol. The summed E-state index contributed by atoms with van der Waals surface area (Å²) in [7, 11) is 0. The number of nitrogens with one attached hydrogen (secondary N) is 2. The van der Waals surface area contributed by atoms with E-state index in [1.54, 1.807) is 12.7 Å². The Labute approximate surface area is 242 Å². The zero-order valence-electron chi connectivity index (χ0n) is 22.8. The van der Waals surface area contributed by atoms with Crippen molar-refractivity contribution >= 4 is 24.1 Å². The summed E-state index contributed by atoms with van der Waals surface area (Å²) in [6.45, 7) is 4.48. The number of carboxylic acid groups (broad SMARTS) is 2. The van der Waals surface area contributed by atoms with E-state index in [4.69, 9.17) is 30.6 Å². The van der Waals surface area contributed by atoms with Crippen molar-refractivity contribution in [3.8, 4) is 0 Å². The predicted octanol–water partition coefficient (Wildman–Crippen LogP) is -2.85. The highest BCUT2D eigenvalue weighted by Gasteiger charge is 2.37. The number of aromatic nitrogens is 4. The minimum Gasteiger partial charge on any atom is -0.479 e. The van der Waals surface area contributed by atoms with Crippen molar-refractivity contribution in [2.24, 2.45) is 11.8 Å². The molecule has 0 aromatic carbocycles. The molecule has 4 rings (SSSR count). The molecule has 16 nitrogen and oxygen atoms in total. The number of hydrogen-bond acceptors (Lipinski definition) is 12. The minimum absolute atomic E-state index is 0. The Morgan fingerprint density at radius 3 is 1.29 bits per heavy atom. The molecule has 4 heterocycles. The molecule has 0 radical (unpaired) electrons. The van der Waals surface area contributed by atoms with Crippen molar-refractivity contribution in [1.82, 2.24) is 30.6 Å². The van der Waals surface area contributed by atoms with Crippen LogP contribution in [0.5, 0.6) is 0 Å². The lowest BCUT2D eigenvalue weighted by Gasteiger charge is -2.21. The maximum absolute atomic E-state index is 10.1. The third-order valence-electron chi connectivity index (χ3n) is 5.98. The largest absolute Gasteiger partial charge is 0.479 e. The van der Waals surface area contributed by atoms with Crippen LogP contribution in [0.15, 0.2) is 49.6 Å². The summed E-state index contributed by atoms with van der Waals surface area (Å²) in [5.41, 5.74) is 2.16. The van der Waals surface area contributed by atoms with Crippen molar-refractivity contribution in [3.05, 3.63) is 60.7 Å². The van der Waals surface area contributed by atoms with E-state index in [9.17, 15) is 9.59 Å². The van der Waals surface area contributed by atoms with Gasteiger partial charge in [0.1, 0.15) is 24.9 Å². The number of hydrogen-bond donors (Lipinski definition) is 8. The summed E-state index contributed by atoms with van der Waals surface area (Å²) < 4.78 is 0. The van der Waals surface area contributed by atoms with Crippen molar-refractivity contribution in [2.45, 2.75) is 37.3 Å². The first-order valence-electron chi connectivity index (χ1n) is 12.6. The second kappa shape index (κ2) is 21.0. The molecule has 12 N–H and O–H groups in total. The SMILES string of the molecule is C(=C\[C@H]1CCNC1)/c1cncnc1.C(=C\[C@H]1CCNC1)/c1cncnc1.O.O.O=C(O)[C@@H](O)[C@H](O)[C@H](O)[C@@H](O)C(=O)O. The number of carbonyl (C=O) groups is 2. The molecule has 2 aliphatic heterocycles. The van der Waals surface area contributed by atoms with Gasteiger partial charge in [-0.2, -0.15) is 0 Å². The lowest BCUT2D eigenvalue weighted by atomic mass is 10.0. The highest BCUT2D eigenvalue weighted by Crippen LogP contribution is 2.12. The van der Waals surface area contributed by atoms with Gasteiger partial charge in [-0.3, -0.25) is 0 Å². The molecule has 0 unspecified atom stereocenters. The van der Waals surface area contributed by atoms with Crippen molar-refractivity contribution in [3.63, 3.8) is 0 Å². The molecule has 234 valence electrons. The van der Waals surface area contributed by atoms with E-state index in [-0.39, 0.29) is 11.0 Å². The van der Waals surface area contributed by atoms with Crippen molar-refractivity contribution in [1.29, 1.82) is 0 Å². The maximum atomic E-state index is 10.1. The van der Waals surface area contributed by atoms with E-state index in [0.29, 0.717) is 11.8 Å². The normalized spacial score (nSPS) is 20.5. The summed E-state index contributed by atoms with van der Waals surface area (Å²) >= 11 is 0. The lowest BCUT2D eigenvalue weighted by Crippen LogP contribution is -2.49. The number of nitrogens with zero attached hydrogens (tertiary/aromatic N) is 4. The maximum Gasteiger partial charge on any atom is 0.335 e. The third kappa shape index (κ3) is 14.2. The van der Waals surface area contributed by atoms with Crippen LogP contribution in [0.25, 0.3) is 12.2 Å². The Hall–Kier alpha value is -3.74. The summed E-state index contributed by atoms with van der Waals surface area (Å²) in [5.74, 6) is -2.32. The molecule has 2 aromatic heterocycles. The second-order valence-electron chi connectivity index (χ2n) is 9.11. The summed E-state index contributed by atoms with van der Waals surface area (Å²) in [6, 6.07) is 0. The average Bonchev–Trinajstić information content (AvgIpc) is 3.70. The van der Waals surface area contributed by atoms with Crippen LogP contribution in [0.1, 0.15) is 24.0 Å². The molecule has 16 heteroatoms. The monoisotopic (exact) mass is 596 g/mol. The van der Waals surface area contributed by atoms with Crippen LogP contribution >= 0.6 is 0 Å². The molecule has 0 amide bonds. The number of aliphatic carboxylic acids is 2. The molecule has 0 aliphatic carbocycles. The van der Waals surface area contributed by atoms with Gasteiger partial charge in [0, 0.05) is 49.0 Å². The summed E-state index contributed by atoms with van der Waals surface area (Å²) in [5, 5.41) is 58.1. The van der Waals surface area contributed by atoms with Gasteiger partial charge in [-0.25, -0.2) is 29.5 Å². The van der Waals surface area contributed by atoms with E-state index in [1.165, 1.54) is 12.8 Å². The van der Waals surface area contributed by atoms with E-state index in [1.807, 2.05) is 24.8 Å². The van der Waals surface area contributed by atoms with Gasteiger partial charge in [0.2, 0.25) is 0 Å². The number of rotatable bonds is 9. The molecule has 0 bridgehead atoms. The average molecular weight is 597 g/mol. The number of aliphatic hydroxyl groups is 4. The molecule has 2 aromatic rings. The summed E-state index contributed by atoms with van der Waals surface area (Å²) in [4.78, 5) is 36.0. The van der Waals surface area contributed by atoms with E-state index < -0.39 is 36.4 Å². The quantitative estimate of drug-likeness (QED) is 0.145. The van der Waals surface area contributed by atoms with Gasteiger partial charge in [0.25, 0.3) is 0 Å². The zero-order chi connectivity index (χ0) is 29.3. The van der Waals surface area contributed by atoms with Gasteiger partial charge < -0.3 is 52.2 Å². The first kappa shape index (κ1) is 38.3. The zero-order valence-corrected chi connectivity index (χ0v) is 22.8. The van der Waals surface area contributed by atoms with Crippen molar-refractivity contribution < 1.29 is 51.2 Å². The topological polar surface area (TPSA) is 294 Å². The van der Waals surface area contributed by atoms with E-state index in [2.05, 4.69) is 54.9 Å². The molecule has 42 heavy (non-hydrogen) atoms. The number of aliphatic hydroxyl groups excluding tert-OH is 4. The standard InChI is InChI=1S/2C10H13N3.C6H10O8.2H2O/c2*1(9-3-4-11-5-9)2-10-6-12-8-13-7-10;7-1(3(9)5(11)12)2(8)4(10)6(13)14;;/h2*1-2,6-9,11H,3-5H2;1-4,7-10H,(H,11,12)(H,13,14);2*1H2/b2*2-1+;;;/t2*9-;1-,2+,3+,4-;;/m00.../s1. The number of carboxylic acids is 2. The first-order valence-corrected chi connectivity index (χ1v) is 12.6. The van der Waals surface area contributed by atoms with Crippen LogP contribution in [0.2, 0.25) is 0 Å². The predicted molar refractivity (Wildman–Crippen MR) is 151 cm³/mol.